The van der Waals surface area contributed by atoms with E-state index in [-0.39, 0.29) is 18.0 Å². The van der Waals surface area contributed by atoms with Gasteiger partial charge in [0.1, 0.15) is 12.1 Å². The molecule has 3 unspecified atom stereocenters. The van der Waals surface area contributed by atoms with E-state index in [4.69, 9.17) is 4.74 Å². The maximum absolute atomic E-state index is 12.2. The van der Waals surface area contributed by atoms with Crippen molar-refractivity contribution in [3.63, 3.8) is 0 Å². The summed E-state index contributed by atoms with van der Waals surface area (Å²) in [5.41, 5.74) is 0.390. The number of nitrogens with one attached hydrogen (secondary N) is 1. The van der Waals surface area contributed by atoms with Crippen molar-refractivity contribution >= 4 is 11.9 Å². The van der Waals surface area contributed by atoms with E-state index in [9.17, 15) is 9.59 Å². The minimum Gasteiger partial charge on any atom is -0.461 e. The van der Waals surface area contributed by atoms with Crippen LogP contribution in [0.25, 0.3) is 0 Å². The van der Waals surface area contributed by atoms with E-state index in [0.29, 0.717) is 23.3 Å². The van der Waals surface area contributed by atoms with Gasteiger partial charge >= 0.3 is 5.97 Å². The fourth-order valence-corrected chi connectivity index (χ4v) is 2.88. The standard InChI is InChI=1S/C17H29NO3/c1-10(2)14-8-7-12(5)9-15(14)21-17(20)13(6)18-16(19)11(3)4/h10,12-15H,3,7-9H2,1-2,4-6H3,(H,18,19)/t12?,13-,14?,15?/m0/s1. The van der Waals surface area contributed by atoms with Gasteiger partial charge in [-0.3, -0.25) is 4.79 Å². The summed E-state index contributed by atoms with van der Waals surface area (Å²) in [6.45, 7) is 13.4. The van der Waals surface area contributed by atoms with Gasteiger partial charge in [-0.25, -0.2) is 4.79 Å². The first-order valence-electron chi connectivity index (χ1n) is 7.89. The van der Waals surface area contributed by atoms with E-state index >= 15 is 0 Å². The van der Waals surface area contributed by atoms with Crippen LogP contribution in [0.15, 0.2) is 12.2 Å². The first-order chi connectivity index (χ1) is 9.72. The summed E-state index contributed by atoms with van der Waals surface area (Å²) in [5.74, 6) is 0.828. The van der Waals surface area contributed by atoms with Crippen LogP contribution in [0.5, 0.6) is 0 Å². The lowest BCUT2D eigenvalue weighted by atomic mass is 9.75. The second kappa shape index (κ2) is 7.62. The van der Waals surface area contributed by atoms with Crippen molar-refractivity contribution in [2.45, 2.75) is 66.0 Å². The van der Waals surface area contributed by atoms with Gasteiger partial charge in [0.05, 0.1) is 0 Å². The average molecular weight is 295 g/mol. The Labute approximate surface area is 128 Å². The van der Waals surface area contributed by atoms with E-state index in [1.165, 1.54) is 6.42 Å². The molecule has 0 aromatic heterocycles. The van der Waals surface area contributed by atoms with Gasteiger partial charge < -0.3 is 10.1 Å². The van der Waals surface area contributed by atoms with Crippen molar-refractivity contribution in [3.05, 3.63) is 12.2 Å². The molecule has 0 spiro atoms. The van der Waals surface area contributed by atoms with E-state index in [1.807, 2.05) is 0 Å². The lowest BCUT2D eigenvalue weighted by Crippen LogP contribution is -2.44. The molecule has 1 saturated carbocycles. The highest BCUT2D eigenvalue weighted by Gasteiger charge is 2.34. The molecule has 0 radical (unpaired) electrons. The van der Waals surface area contributed by atoms with Gasteiger partial charge in [-0.2, -0.15) is 0 Å². The van der Waals surface area contributed by atoms with Crippen LogP contribution < -0.4 is 5.32 Å². The Bertz CT molecular complexity index is 403. The highest BCUT2D eigenvalue weighted by atomic mass is 16.5. The smallest absolute Gasteiger partial charge is 0.328 e. The number of ether oxygens (including phenoxy) is 1. The third-order valence-corrected chi connectivity index (χ3v) is 4.32. The van der Waals surface area contributed by atoms with Crippen LogP contribution in [0.2, 0.25) is 0 Å². The molecule has 0 saturated heterocycles. The number of esters is 1. The van der Waals surface area contributed by atoms with Crippen LogP contribution in [-0.2, 0) is 14.3 Å². The number of carbonyl (C=O) groups is 2. The lowest BCUT2D eigenvalue weighted by molar-refractivity contribution is -0.158. The van der Waals surface area contributed by atoms with E-state index in [2.05, 4.69) is 32.7 Å². The fraction of sp³-hybridized carbons (Fsp3) is 0.765. The molecule has 4 heteroatoms. The van der Waals surface area contributed by atoms with Gasteiger partial charge in [0, 0.05) is 5.57 Å². The highest BCUT2D eigenvalue weighted by Crippen LogP contribution is 2.35. The van der Waals surface area contributed by atoms with Crippen molar-refractivity contribution in [1.82, 2.24) is 5.32 Å². The van der Waals surface area contributed by atoms with Crippen molar-refractivity contribution in [1.29, 1.82) is 0 Å². The minimum absolute atomic E-state index is 0.0366. The number of rotatable bonds is 5. The summed E-state index contributed by atoms with van der Waals surface area (Å²) in [7, 11) is 0. The molecular formula is C17H29NO3. The summed E-state index contributed by atoms with van der Waals surface area (Å²) < 4.78 is 5.69. The minimum atomic E-state index is -0.640. The van der Waals surface area contributed by atoms with E-state index in [0.717, 1.165) is 12.8 Å². The number of carbonyl (C=O) groups excluding carboxylic acids is 2. The predicted octanol–water partition coefficient (Wildman–Crippen LogP) is 3.07. The number of amides is 1. The zero-order valence-corrected chi connectivity index (χ0v) is 13.9. The Morgan fingerprint density at radius 3 is 2.38 bits per heavy atom. The Balaban J connectivity index is 2.61. The Morgan fingerprint density at radius 1 is 1.24 bits per heavy atom. The van der Waals surface area contributed by atoms with Gasteiger partial charge in [0.15, 0.2) is 0 Å². The molecule has 21 heavy (non-hydrogen) atoms. The van der Waals surface area contributed by atoms with Crippen LogP contribution in [0.1, 0.15) is 53.9 Å². The Kier molecular flexibility index (Phi) is 6.43. The molecule has 1 rings (SSSR count). The molecule has 120 valence electrons. The van der Waals surface area contributed by atoms with Gasteiger partial charge in [-0.15, -0.1) is 0 Å². The molecule has 4 nitrogen and oxygen atoms in total. The third kappa shape index (κ3) is 5.18. The highest BCUT2D eigenvalue weighted by molar-refractivity contribution is 5.94. The quantitative estimate of drug-likeness (QED) is 0.626. The summed E-state index contributed by atoms with van der Waals surface area (Å²) in [6, 6.07) is -0.640. The topological polar surface area (TPSA) is 55.4 Å². The predicted molar refractivity (Wildman–Crippen MR) is 83.6 cm³/mol. The maximum atomic E-state index is 12.2. The monoisotopic (exact) mass is 295 g/mol. The van der Waals surface area contributed by atoms with Gasteiger partial charge in [0.2, 0.25) is 5.91 Å². The average Bonchev–Trinajstić information content (AvgIpc) is 2.37. The number of hydrogen-bond donors (Lipinski definition) is 1. The maximum Gasteiger partial charge on any atom is 0.328 e. The first-order valence-corrected chi connectivity index (χ1v) is 7.89. The van der Waals surface area contributed by atoms with Crippen molar-refractivity contribution in [3.8, 4) is 0 Å². The van der Waals surface area contributed by atoms with Gasteiger partial charge in [-0.1, -0.05) is 33.8 Å². The third-order valence-electron chi connectivity index (χ3n) is 4.32. The summed E-state index contributed by atoms with van der Waals surface area (Å²) in [5, 5.41) is 2.61. The Hall–Kier alpha value is -1.32. The first kappa shape index (κ1) is 17.7. The zero-order valence-electron chi connectivity index (χ0n) is 13.9. The molecule has 1 N–H and O–H groups in total. The van der Waals surface area contributed by atoms with Gasteiger partial charge in [-0.05, 0) is 44.4 Å². The molecule has 1 amide bonds. The molecular weight excluding hydrogens is 266 g/mol. The normalized spacial score (nSPS) is 27.0. The fourth-order valence-electron chi connectivity index (χ4n) is 2.88. The van der Waals surface area contributed by atoms with Crippen LogP contribution in [0.3, 0.4) is 0 Å². The molecule has 0 aliphatic heterocycles. The van der Waals surface area contributed by atoms with Gasteiger partial charge in [0.25, 0.3) is 0 Å². The lowest BCUT2D eigenvalue weighted by Gasteiger charge is -2.37. The van der Waals surface area contributed by atoms with Crippen LogP contribution in [0.4, 0.5) is 0 Å². The van der Waals surface area contributed by atoms with E-state index in [1.54, 1.807) is 13.8 Å². The SMILES string of the molecule is C=C(C)C(=O)N[C@@H](C)C(=O)OC1CC(C)CCC1C(C)C. The Morgan fingerprint density at radius 2 is 1.86 bits per heavy atom. The molecule has 1 fully saturated rings. The molecule has 0 bridgehead atoms. The second-order valence-electron chi connectivity index (χ2n) is 6.78. The summed E-state index contributed by atoms with van der Waals surface area (Å²) in [6.07, 6.45) is 3.17. The van der Waals surface area contributed by atoms with Crippen LogP contribution in [0, 0.1) is 17.8 Å². The van der Waals surface area contributed by atoms with Crippen molar-refractivity contribution in [2.75, 3.05) is 0 Å². The largest absolute Gasteiger partial charge is 0.461 e. The second-order valence-corrected chi connectivity index (χ2v) is 6.78. The summed E-state index contributed by atoms with van der Waals surface area (Å²) >= 11 is 0. The van der Waals surface area contributed by atoms with Crippen molar-refractivity contribution < 1.29 is 14.3 Å². The molecule has 4 atom stereocenters. The van der Waals surface area contributed by atoms with E-state index < -0.39 is 6.04 Å². The zero-order chi connectivity index (χ0) is 16.2. The van der Waals surface area contributed by atoms with Crippen molar-refractivity contribution in [2.24, 2.45) is 17.8 Å². The number of hydrogen-bond acceptors (Lipinski definition) is 3. The van der Waals surface area contributed by atoms with Crippen LogP contribution >= 0.6 is 0 Å². The molecule has 1 aliphatic carbocycles. The molecule has 0 aromatic rings. The molecule has 1 aliphatic rings. The van der Waals surface area contributed by atoms with Crippen LogP contribution in [-0.4, -0.2) is 24.0 Å². The summed E-state index contributed by atoms with van der Waals surface area (Å²) in [4.78, 5) is 23.7. The molecule has 0 heterocycles. The molecule has 0 aromatic carbocycles.